The average molecular weight is 952 g/mol. The summed E-state index contributed by atoms with van der Waals surface area (Å²) in [6.07, 6.45) is 70.6. The second-order valence-corrected chi connectivity index (χ2v) is 19.6. The van der Waals surface area contributed by atoms with Crippen molar-refractivity contribution in [2.45, 2.75) is 303 Å². The maximum Gasteiger partial charge on any atom is 0.306 e. The van der Waals surface area contributed by atoms with Gasteiger partial charge in [0.25, 0.3) is 0 Å². The first-order valence-electron chi connectivity index (χ1n) is 29.3. The molecule has 0 rings (SSSR count). The number of esters is 3. The number of rotatable bonds is 53. The van der Waals surface area contributed by atoms with Crippen LogP contribution in [0.15, 0.2) is 60.8 Å². The van der Waals surface area contributed by atoms with Crippen molar-refractivity contribution in [3.8, 4) is 0 Å². The maximum atomic E-state index is 12.9. The van der Waals surface area contributed by atoms with Gasteiger partial charge in [-0.15, -0.1) is 0 Å². The molecule has 0 aliphatic carbocycles. The number of hydrogen-bond acceptors (Lipinski definition) is 6. The molecule has 0 aliphatic rings. The number of unbranched alkanes of at least 4 members (excludes halogenated alkanes) is 34. The molecule has 6 nitrogen and oxygen atoms in total. The van der Waals surface area contributed by atoms with Crippen LogP contribution in [0.2, 0.25) is 0 Å². The van der Waals surface area contributed by atoms with Gasteiger partial charge in [0.15, 0.2) is 6.10 Å². The first kappa shape index (κ1) is 65.1. The number of hydrogen-bond donors (Lipinski definition) is 0. The van der Waals surface area contributed by atoms with E-state index in [2.05, 4.69) is 81.5 Å². The van der Waals surface area contributed by atoms with Crippen molar-refractivity contribution in [2.75, 3.05) is 13.2 Å². The van der Waals surface area contributed by atoms with Crippen LogP contribution in [0, 0.1) is 0 Å². The summed E-state index contributed by atoms with van der Waals surface area (Å²) >= 11 is 0. The topological polar surface area (TPSA) is 78.9 Å². The quantitative estimate of drug-likeness (QED) is 0.0199. The summed E-state index contributed by atoms with van der Waals surface area (Å²) in [7, 11) is 0. The summed E-state index contributed by atoms with van der Waals surface area (Å²) in [6.45, 7) is 6.57. The fourth-order valence-electron chi connectivity index (χ4n) is 8.30. The second-order valence-electron chi connectivity index (χ2n) is 19.6. The van der Waals surface area contributed by atoms with Crippen LogP contribution in [-0.2, 0) is 28.6 Å². The van der Waals surface area contributed by atoms with Crippen molar-refractivity contribution in [3.63, 3.8) is 0 Å². The van der Waals surface area contributed by atoms with Gasteiger partial charge in [-0.3, -0.25) is 14.4 Å². The van der Waals surface area contributed by atoms with E-state index in [0.717, 1.165) is 64.2 Å². The van der Waals surface area contributed by atoms with Crippen molar-refractivity contribution < 1.29 is 28.6 Å². The van der Waals surface area contributed by atoms with E-state index in [-0.39, 0.29) is 31.1 Å². The highest BCUT2D eigenvalue weighted by Gasteiger charge is 2.19. The zero-order chi connectivity index (χ0) is 49.3. The molecule has 0 radical (unpaired) electrons. The normalized spacial score (nSPS) is 12.5. The highest BCUT2D eigenvalue weighted by molar-refractivity contribution is 5.71. The van der Waals surface area contributed by atoms with Crippen molar-refractivity contribution in [1.82, 2.24) is 0 Å². The Bertz CT molecular complexity index is 1230. The Morgan fingerprint density at radius 3 is 0.824 bits per heavy atom. The third-order valence-corrected chi connectivity index (χ3v) is 12.8. The van der Waals surface area contributed by atoms with Gasteiger partial charge in [-0.05, 0) is 96.3 Å². The van der Waals surface area contributed by atoms with Gasteiger partial charge < -0.3 is 14.2 Å². The van der Waals surface area contributed by atoms with Gasteiger partial charge >= 0.3 is 17.9 Å². The SMILES string of the molecule is CCCCC/C=C\C=C/CCCCCCCCCCCCC(=O)OCC(COC(=O)CCCCCCC/C=C\CCCCC)OC(=O)CCCCCCCCCCCC/C=C\C=C/CCCCC. The Hall–Kier alpha value is -2.89. The van der Waals surface area contributed by atoms with E-state index < -0.39 is 6.10 Å². The molecule has 0 fully saturated rings. The molecular weight excluding hydrogens is 841 g/mol. The molecule has 0 saturated carbocycles. The van der Waals surface area contributed by atoms with Gasteiger partial charge in [0.05, 0.1) is 0 Å². The van der Waals surface area contributed by atoms with Crippen molar-refractivity contribution in [1.29, 1.82) is 0 Å². The lowest BCUT2D eigenvalue weighted by molar-refractivity contribution is -0.167. The van der Waals surface area contributed by atoms with E-state index in [0.29, 0.717) is 19.3 Å². The van der Waals surface area contributed by atoms with E-state index in [1.54, 1.807) is 0 Å². The molecule has 0 aromatic heterocycles. The first-order valence-corrected chi connectivity index (χ1v) is 29.3. The van der Waals surface area contributed by atoms with Crippen LogP contribution in [0.3, 0.4) is 0 Å². The van der Waals surface area contributed by atoms with E-state index in [1.165, 1.54) is 193 Å². The first-order chi connectivity index (χ1) is 33.5. The number of ether oxygens (including phenoxy) is 3. The summed E-state index contributed by atoms with van der Waals surface area (Å²) in [5.41, 5.74) is 0. The lowest BCUT2D eigenvalue weighted by Gasteiger charge is -2.18. The molecule has 0 aliphatic heterocycles. The summed E-state index contributed by atoms with van der Waals surface area (Å²) < 4.78 is 16.9. The van der Waals surface area contributed by atoms with Crippen LogP contribution in [0.1, 0.15) is 297 Å². The minimum atomic E-state index is -0.780. The molecule has 1 atom stereocenters. The highest BCUT2D eigenvalue weighted by Crippen LogP contribution is 2.16. The van der Waals surface area contributed by atoms with Gasteiger partial charge in [-0.25, -0.2) is 0 Å². The van der Waals surface area contributed by atoms with E-state index >= 15 is 0 Å². The number of carbonyl (C=O) groups is 3. The molecule has 6 heteroatoms. The average Bonchev–Trinajstić information content (AvgIpc) is 3.34. The van der Waals surface area contributed by atoms with Gasteiger partial charge in [0.1, 0.15) is 13.2 Å². The molecule has 0 heterocycles. The van der Waals surface area contributed by atoms with Crippen molar-refractivity contribution >= 4 is 17.9 Å². The summed E-state index contributed by atoms with van der Waals surface area (Å²) in [4.78, 5) is 38.2. The molecule has 0 saturated heterocycles. The van der Waals surface area contributed by atoms with E-state index in [4.69, 9.17) is 14.2 Å². The van der Waals surface area contributed by atoms with Gasteiger partial charge in [0.2, 0.25) is 0 Å². The molecule has 1 unspecified atom stereocenters. The zero-order valence-corrected chi connectivity index (χ0v) is 45.1. The molecule has 0 bridgehead atoms. The molecule has 394 valence electrons. The monoisotopic (exact) mass is 951 g/mol. The predicted molar refractivity (Wildman–Crippen MR) is 293 cm³/mol. The fourth-order valence-corrected chi connectivity index (χ4v) is 8.30. The summed E-state index contributed by atoms with van der Waals surface area (Å²) in [6, 6.07) is 0. The van der Waals surface area contributed by atoms with Crippen molar-refractivity contribution in [3.05, 3.63) is 60.8 Å². The number of allylic oxidation sites excluding steroid dienone is 10. The van der Waals surface area contributed by atoms with Crippen LogP contribution < -0.4 is 0 Å². The Labute approximate surface area is 421 Å². The molecular formula is C62H110O6. The third-order valence-electron chi connectivity index (χ3n) is 12.8. The Balaban J connectivity index is 4.34. The lowest BCUT2D eigenvalue weighted by atomic mass is 10.1. The molecule has 68 heavy (non-hydrogen) atoms. The predicted octanol–water partition coefficient (Wildman–Crippen LogP) is 19.6. The molecule has 0 aromatic rings. The fraction of sp³-hybridized carbons (Fsp3) is 0.790. The molecule has 0 N–H and O–H groups in total. The largest absolute Gasteiger partial charge is 0.462 e. The zero-order valence-electron chi connectivity index (χ0n) is 45.1. The Morgan fingerprint density at radius 2 is 0.529 bits per heavy atom. The molecule has 0 spiro atoms. The van der Waals surface area contributed by atoms with Crippen LogP contribution in [0.5, 0.6) is 0 Å². The van der Waals surface area contributed by atoms with Crippen LogP contribution in [0.4, 0.5) is 0 Å². The van der Waals surface area contributed by atoms with Crippen LogP contribution >= 0.6 is 0 Å². The van der Waals surface area contributed by atoms with Crippen molar-refractivity contribution in [2.24, 2.45) is 0 Å². The smallest absolute Gasteiger partial charge is 0.306 e. The lowest BCUT2D eigenvalue weighted by Crippen LogP contribution is -2.30. The minimum Gasteiger partial charge on any atom is -0.462 e. The summed E-state index contributed by atoms with van der Waals surface area (Å²) in [5, 5.41) is 0. The Kier molecular flexibility index (Phi) is 54.3. The Morgan fingerprint density at radius 1 is 0.294 bits per heavy atom. The van der Waals surface area contributed by atoms with E-state index in [9.17, 15) is 14.4 Å². The van der Waals surface area contributed by atoms with E-state index in [1.807, 2.05) is 0 Å². The molecule has 0 aromatic carbocycles. The van der Waals surface area contributed by atoms with Gasteiger partial charge in [0, 0.05) is 19.3 Å². The van der Waals surface area contributed by atoms with Crippen LogP contribution in [-0.4, -0.2) is 37.2 Å². The minimum absolute atomic E-state index is 0.0788. The van der Waals surface area contributed by atoms with Gasteiger partial charge in [-0.2, -0.15) is 0 Å². The van der Waals surface area contributed by atoms with Gasteiger partial charge in [-0.1, -0.05) is 242 Å². The number of carbonyl (C=O) groups excluding carboxylic acids is 3. The second kappa shape index (κ2) is 56.7. The highest BCUT2D eigenvalue weighted by atomic mass is 16.6. The standard InChI is InChI=1S/C62H110O6/c1-4-7-10-13-16-19-22-25-27-29-31-33-35-37-40-43-46-49-52-55-61(64)67-58-59(57-66-60(63)54-51-48-45-42-39-24-21-18-15-12-9-6-3)68-62(65)56-53-50-47-44-41-38-36-34-32-30-28-26-23-20-17-14-11-8-5-2/h16-23,25-26,59H,4-15,24,27-58H2,1-3H3/b19-16-,20-17-,21-18-,25-22-,26-23-. The van der Waals surface area contributed by atoms with Crippen LogP contribution in [0.25, 0.3) is 0 Å². The maximum absolute atomic E-state index is 12.9. The molecule has 0 amide bonds. The summed E-state index contributed by atoms with van der Waals surface area (Å²) in [5.74, 6) is -0.884. The third kappa shape index (κ3) is 54.1.